The predicted molar refractivity (Wildman–Crippen MR) is 69.5 cm³/mol. The molecular formula is C10H10N2O8S. The van der Waals surface area contributed by atoms with Crippen LogP contribution in [-0.4, -0.2) is 43.2 Å². The molecule has 11 heteroatoms. The topological polar surface area (TPSA) is 153 Å². The molecule has 0 aliphatic heterocycles. The number of benzene rings is 1. The minimum atomic E-state index is -4.21. The van der Waals surface area contributed by atoms with Crippen LogP contribution in [0.4, 0.5) is 11.4 Å². The van der Waals surface area contributed by atoms with Crippen LogP contribution in [0.25, 0.3) is 0 Å². The number of sulfonamides is 1. The van der Waals surface area contributed by atoms with E-state index in [4.69, 9.17) is 5.11 Å². The third kappa shape index (κ3) is 4.42. The van der Waals surface area contributed by atoms with Crippen molar-refractivity contribution >= 4 is 33.3 Å². The van der Waals surface area contributed by atoms with Gasteiger partial charge in [-0.05, 0) is 12.1 Å². The van der Waals surface area contributed by atoms with Gasteiger partial charge in [0, 0.05) is 6.07 Å². The minimum absolute atomic E-state index is 0.377. The van der Waals surface area contributed by atoms with E-state index in [9.17, 15) is 28.1 Å². The third-order valence-corrected chi connectivity index (χ3v) is 3.39. The summed E-state index contributed by atoms with van der Waals surface area (Å²) in [4.78, 5) is 31.6. The van der Waals surface area contributed by atoms with Gasteiger partial charge >= 0.3 is 11.9 Å². The lowest BCUT2D eigenvalue weighted by Gasteiger charge is -2.08. The van der Waals surface area contributed by atoms with Crippen LogP contribution in [0, 0.1) is 10.1 Å². The Bertz CT molecular complexity index is 697. The van der Waals surface area contributed by atoms with Crippen molar-refractivity contribution in [2.45, 2.75) is 0 Å². The van der Waals surface area contributed by atoms with Gasteiger partial charge in [-0.15, -0.1) is 0 Å². The number of rotatable bonds is 6. The van der Waals surface area contributed by atoms with E-state index in [1.807, 2.05) is 4.72 Å². The fourth-order valence-corrected chi connectivity index (χ4v) is 2.33. The van der Waals surface area contributed by atoms with E-state index >= 15 is 0 Å². The number of anilines is 1. The molecule has 114 valence electrons. The van der Waals surface area contributed by atoms with Crippen molar-refractivity contribution in [3.05, 3.63) is 33.9 Å². The normalized spacial score (nSPS) is 10.7. The van der Waals surface area contributed by atoms with E-state index in [0.717, 1.165) is 19.2 Å². The van der Waals surface area contributed by atoms with Crippen LogP contribution in [-0.2, 0) is 19.6 Å². The van der Waals surface area contributed by atoms with Gasteiger partial charge in [0.15, 0.2) is 5.75 Å². The summed E-state index contributed by atoms with van der Waals surface area (Å²) in [6, 6.07) is 2.63. The Morgan fingerprint density at radius 2 is 2.05 bits per heavy atom. The molecule has 0 atom stereocenters. The monoisotopic (exact) mass is 318 g/mol. The van der Waals surface area contributed by atoms with Gasteiger partial charge in [-0.2, -0.15) is 0 Å². The maximum atomic E-state index is 11.6. The molecule has 0 saturated carbocycles. The van der Waals surface area contributed by atoms with Crippen LogP contribution in [0.2, 0.25) is 0 Å². The lowest BCUT2D eigenvalue weighted by Crippen LogP contribution is -2.24. The van der Waals surface area contributed by atoms with Gasteiger partial charge in [0.1, 0.15) is 5.69 Å². The van der Waals surface area contributed by atoms with Crippen LogP contribution in [0.15, 0.2) is 18.2 Å². The molecule has 0 amide bonds. The summed E-state index contributed by atoms with van der Waals surface area (Å²) in [6.45, 7) is 0. The summed E-state index contributed by atoms with van der Waals surface area (Å²) in [6.07, 6.45) is 0. The average molecular weight is 318 g/mol. The second-order valence-electron chi connectivity index (χ2n) is 3.73. The molecule has 0 spiro atoms. The van der Waals surface area contributed by atoms with E-state index in [1.54, 1.807) is 0 Å². The minimum Gasteiger partial charge on any atom is -0.478 e. The van der Waals surface area contributed by atoms with Crippen LogP contribution in [0.3, 0.4) is 0 Å². The highest BCUT2D eigenvalue weighted by Gasteiger charge is 2.23. The number of carbonyl (C=O) groups excluding carboxylic acids is 1. The standard InChI is InChI=1S/C10H10N2O8S/c1-20-9(13)5-21(18,19)11-7-3-2-6(10(14)15)4-8(7)12(16)17/h2-4,11H,5H2,1H3,(H,14,15). The van der Waals surface area contributed by atoms with Crippen LogP contribution >= 0.6 is 0 Å². The van der Waals surface area contributed by atoms with Gasteiger partial charge in [-0.1, -0.05) is 0 Å². The van der Waals surface area contributed by atoms with Gasteiger partial charge in [-0.3, -0.25) is 19.6 Å². The lowest BCUT2D eigenvalue weighted by molar-refractivity contribution is -0.383. The number of carboxylic acids is 1. The summed E-state index contributed by atoms with van der Waals surface area (Å²) in [7, 11) is -3.22. The second-order valence-corrected chi connectivity index (χ2v) is 5.45. The number of ether oxygens (including phenoxy) is 1. The SMILES string of the molecule is COC(=O)CS(=O)(=O)Nc1ccc(C(=O)O)cc1[N+](=O)[O-]. The molecular weight excluding hydrogens is 308 g/mol. The fourth-order valence-electron chi connectivity index (χ4n) is 1.32. The van der Waals surface area contributed by atoms with E-state index in [2.05, 4.69) is 4.74 Å². The van der Waals surface area contributed by atoms with Gasteiger partial charge < -0.3 is 9.84 Å². The number of methoxy groups -OCH3 is 1. The van der Waals surface area contributed by atoms with E-state index in [1.165, 1.54) is 0 Å². The highest BCUT2D eigenvalue weighted by molar-refractivity contribution is 7.93. The number of carboxylic acid groups (broad SMARTS) is 1. The molecule has 21 heavy (non-hydrogen) atoms. The predicted octanol–water partition coefficient (Wildman–Crippen LogP) is 0.208. The quantitative estimate of drug-likeness (QED) is 0.428. The summed E-state index contributed by atoms with van der Waals surface area (Å²) in [5.74, 6) is -3.48. The first-order chi connectivity index (χ1) is 9.66. The maximum Gasteiger partial charge on any atom is 0.335 e. The highest BCUT2D eigenvalue weighted by atomic mass is 32.2. The first-order valence-electron chi connectivity index (χ1n) is 5.25. The van der Waals surface area contributed by atoms with Crippen molar-refractivity contribution in [2.75, 3.05) is 17.6 Å². The number of nitro groups is 1. The molecule has 0 heterocycles. The van der Waals surface area contributed by atoms with Gasteiger partial charge in [-0.25, -0.2) is 13.2 Å². The first kappa shape index (κ1) is 16.4. The molecule has 1 aromatic carbocycles. The van der Waals surface area contributed by atoms with E-state index in [0.29, 0.717) is 6.07 Å². The van der Waals surface area contributed by atoms with Gasteiger partial charge in [0.25, 0.3) is 5.69 Å². The third-order valence-electron chi connectivity index (χ3n) is 2.24. The summed E-state index contributed by atoms with van der Waals surface area (Å²) >= 11 is 0. The molecule has 1 rings (SSSR count). The van der Waals surface area contributed by atoms with Crippen molar-refractivity contribution in [2.24, 2.45) is 0 Å². The maximum absolute atomic E-state index is 11.6. The molecule has 0 bridgehead atoms. The number of nitro benzene ring substituents is 1. The van der Waals surface area contributed by atoms with Gasteiger partial charge in [0.2, 0.25) is 10.0 Å². The van der Waals surface area contributed by atoms with Crippen molar-refractivity contribution in [3.63, 3.8) is 0 Å². The van der Waals surface area contributed by atoms with Crippen molar-refractivity contribution in [1.82, 2.24) is 0 Å². The number of carbonyl (C=O) groups is 2. The summed E-state index contributed by atoms with van der Waals surface area (Å²) < 4.78 is 29.2. The number of nitrogens with one attached hydrogen (secondary N) is 1. The fraction of sp³-hybridized carbons (Fsp3) is 0.200. The molecule has 0 aromatic heterocycles. The van der Waals surface area contributed by atoms with Crippen LogP contribution in [0.5, 0.6) is 0 Å². The Kier molecular flexibility index (Phi) is 4.81. The Morgan fingerprint density at radius 3 is 2.52 bits per heavy atom. The number of nitrogens with zero attached hydrogens (tertiary/aromatic N) is 1. The van der Waals surface area contributed by atoms with Gasteiger partial charge in [0.05, 0.1) is 17.6 Å². The molecule has 0 saturated heterocycles. The van der Waals surface area contributed by atoms with Crippen LogP contribution in [0.1, 0.15) is 10.4 Å². The van der Waals surface area contributed by atoms with E-state index < -0.39 is 44.0 Å². The Hall–Kier alpha value is -2.69. The zero-order valence-electron chi connectivity index (χ0n) is 10.6. The number of hydrogen-bond donors (Lipinski definition) is 2. The molecule has 10 nitrogen and oxygen atoms in total. The highest BCUT2D eigenvalue weighted by Crippen LogP contribution is 2.26. The molecule has 0 aliphatic rings. The molecule has 0 radical (unpaired) electrons. The number of aromatic carboxylic acids is 1. The summed E-state index contributed by atoms with van der Waals surface area (Å²) in [5.41, 5.74) is -1.57. The average Bonchev–Trinajstić information content (AvgIpc) is 2.37. The van der Waals surface area contributed by atoms with Crippen molar-refractivity contribution < 1.29 is 32.8 Å². The smallest absolute Gasteiger partial charge is 0.335 e. The second kappa shape index (κ2) is 6.17. The Balaban J connectivity index is 3.16. The molecule has 1 aromatic rings. The summed E-state index contributed by atoms with van der Waals surface area (Å²) in [5, 5.41) is 19.6. The van der Waals surface area contributed by atoms with Crippen molar-refractivity contribution in [1.29, 1.82) is 0 Å². The zero-order valence-corrected chi connectivity index (χ0v) is 11.4. The Labute approximate surface area is 118 Å². The first-order valence-corrected chi connectivity index (χ1v) is 6.90. The van der Waals surface area contributed by atoms with Crippen LogP contribution < -0.4 is 4.72 Å². The zero-order chi connectivity index (χ0) is 16.2. The van der Waals surface area contributed by atoms with Crippen molar-refractivity contribution in [3.8, 4) is 0 Å². The molecule has 0 aliphatic carbocycles. The number of esters is 1. The lowest BCUT2D eigenvalue weighted by atomic mass is 10.2. The largest absolute Gasteiger partial charge is 0.478 e. The van der Waals surface area contributed by atoms with E-state index in [-0.39, 0.29) is 5.56 Å². The molecule has 2 N–H and O–H groups in total. The Morgan fingerprint density at radius 1 is 1.43 bits per heavy atom. The molecule has 0 unspecified atom stereocenters. The number of hydrogen-bond acceptors (Lipinski definition) is 7. The molecule has 0 fully saturated rings.